The Balaban J connectivity index is 2.20. The van der Waals surface area contributed by atoms with E-state index < -0.39 is 4.92 Å². The van der Waals surface area contributed by atoms with E-state index in [2.05, 4.69) is 0 Å². The summed E-state index contributed by atoms with van der Waals surface area (Å²) < 4.78 is 5.10. The first-order valence-corrected chi connectivity index (χ1v) is 6.37. The normalized spacial score (nSPS) is 15.0. The zero-order chi connectivity index (χ0) is 14.7. The van der Waals surface area contributed by atoms with Crippen molar-refractivity contribution in [3.05, 3.63) is 33.9 Å². The van der Waals surface area contributed by atoms with Gasteiger partial charge in [0.1, 0.15) is 0 Å². The van der Waals surface area contributed by atoms with Crippen LogP contribution in [-0.4, -0.2) is 37.1 Å². The van der Waals surface area contributed by atoms with Crippen LogP contribution in [0, 0.1) is 10.1 Å². The number of non-ortho nitro benzene ring substituents is 1. The first-order valence-electron chi connectivity index (χ1n) is 6.37. The molecule has 2 N–H and O–H groups in total. The van der Waals surface area contributed by atoms with Crippen LogP contribution >= 0.6 is 0 Å². The topological polar surface area (TPSA) is 98.7 Å². The Bertz CT molecular complexity index is 528. The highest BCUT2D eigenvalue weighted by Gasteiger charge is 2.27. The maximum atomic E-state index is 12.2. The lowest BCUT2D eigenvalue weighted by Crippen LogP contribution is -2.35. The number of fused-ring (bicyclic) bond motifs is 1. The van der Waals surface area contributed by atoms with Crippen LogP contribution in [0.15, 0.2) is 18.2 Å². The zero-order valence-corrected chi connectivity index (χ0v) is 11.2. The first kappa shape index (κ1) is 14.4. The van der Waals surface area contributed by atoms with Gasteiger partial charge in [0, 0.05) is 32.3 Å². The number of carbonyl (C=O) groups excluding carboxylic acids is 1. The molecule has 1 unspecified atom stereocenters. The molecule has 1 aliphatic heterocycles. The highest BCUT2D eigenvalue weighted by Crippen LogP contribution is 2.32. The molecule has 1 aromatic rings. The first-order chi connectivity index (χ1) is 9.56. The summed E-state index contributed by atoms with van der Waals surface area (Å²) in [5, 5.41) is 10.8. The maximum absolute atomic E-state index is 12.2. The molecule has 0 aliphatic carbocycles. The largest absolute Gasteiger partial charge is 0.380 e. The molecule has 108 valence electrons. The van der Waals surface area contributed by atoms with E-state index in [-0.39, 0.29) is 30.7 Å². The van der Waals surface area contributed by atoms with Gasteiger partial charge in [0.2, 0.25) is 5.91 Å². The van der Waals surface area contributed by atoms with Crippen molar-refractivity contribution in [2.24, 2.45) is 5.73 Å². The summed E-state index contributed by atoms with van der Waals surface area (Å²) in [6, 6.07) is 4.62. The van der Waals surface area contributed by atoms with Gasteiger partial charge in [-0.05, 0) is 12.0 Å². The maximum Gasteiger partial charge on any atom is 0.271 e. The molecule has 7 heteroatoms. The number of nitro benzene ring substituents is 1. The summed E-state index contributed by atoms with van der Waals surface area (Å²) in [5.41, 5.74) is 7.07. The van der Waals surface area contributed by atoms with Gasteiger partial charge in [0.15, 0.2) is 0 Å². The van der Waals surface area contributed by atoms with Gasteiger partial charge >= 0.3 is 0 Å². The fourth-order valence-electron chi connectivity index (χ4n) is 2.31. The van der Waals surface area contributed by atoms with E-state index in [1.165, 1.54) is 19.2 Å². The summed E-state index contributed by atoms with van der Waals surface area (Å²) in [6.45, 7) is 0.800. The van der Waals surface area contributed by atoms with Crippen molar-refractivity contribution in [3.63, 3.8) is 0 Å². The second kappa shape index (κ2) is 5.98. The van der Waals surface area contributed by atoms with Gasteiger partial charge in [-0.25, -0.2) is 0 Å². The number of nitro groups is 1. The Morgan fingerprint density at radius 2 is 2.35 bits per heavy atom. The molecule has 1 atom stereocenters. The Kier molecular flexibility index (Phi) is 4.31. The van der Waals surface area contributed by atoms with Crippen LogP contribution < -0.4 is 10.6 Å². The average molecular weight is 279 g/mol. The van der Waals surface area contributed by atoms with E-state index >= 15 is 0 Å². The van der Waals surface area contributed by atoms with Crippen LogP contribution in [0.25, 0.3) is 0 Å². The number of amides is 1. The molecule has 1 heterocycles. The lowest BCUT2D eigenvalue weighted by Gasteiger charge is -2.20. The van der Waals surface area contributed by atoms with Crippen molar-refractivity contribution in [2.75, 3.05) is 25.1 Å². The lowest BCUT2D eigenvalue weighted by atomic mass is 10.1. The second-order valence-corrected chi connectivity index (χ2v) is 4.66. The van der Waals surface area contributed by atoms with Crippen molar-refractivity contribution in [2.45, 2.75) is 18.9 Å². The van der Waals surface area contributed by atoms with Gasteiger partial charge in [-0.3, -0.25) is 14.9 Å². The van der Waals surface area contributed by atoms with E-state index in [1.54, 1.807) is 11.0 Å². The van der Waals surface area contributed by atoms with Gasteiger partial charge in [0.25, 0.3) is 5.69 Å². The molecule has 20 heavy (non-hydrogen) atoms. The zero-order valence-electron chi connectivity index (χ0n) is 11.2. The Morgan fingerprint density at radius 3 is 2.95 bits per heavy atom. The number of rotatable bonds is 5. The predicted octanol–water partition coefficient (Wildman–Crippen LogP) is 0.848. The summed E-state index contributed by atoms with van der Waals surface area (Å²) in [5.74, 6) is -0.124. The van der Waals surface area contributed by atoms with E-state index in [9.17, 15) is 14.9 Å². The molecule has 2 rings (SSSR count). The van der Waals surface area contributed by atoms with E-state index in [0.29, 0.717) is 18.7 Å². The van der Waals surface area contributed by atoms with Crippen LogP contribution in [0.1, 0.15) is 12.0 Å². The van der Waals surface area contributed by atoms with Crippen LogP contribution in [0.5, 0.6) is 0 Å². The van der Waals surface area contributed by atoms with Crippen LogP contribution in [0.2, 0.25) is 0 Å². The van der Waals surface area contributed by atoms with E-state index in [1.807, 2.05) is 0 Å². The standard InChI is InChI=1S/C13H17N3O4/c1-20-11(8-14)7-13(17)15-5-4-9-2-3-10(16(18)19)6-12(9)15/h2-3,6,11H,4-5,7-8,14H2,1H3. The quantitative estimate of drug-likeness (QED) is 0.636. The third kappa shape index (κ3) is 2.78. The van der Waals surface area contributed by atoms with E-state index in [0.717, 1.165) is 5.56 Å². The van der Waals surface area contributed by atoms with Crippen LogP contribution in [0.3, 0.4) is 0 Å². The van der Waals surface area contributed by atoms with Crippen LogP contribution in [-0.2, 0) is 16.0 Å². The molecular formula is C13H17N3O4. The molecule has 1 aliphatic rings. The molecule has 0 aromatic heterocycles. The second-order valence-electron chi connectivity index (χ2n) is 4.66. The van der Waals surface area contributed by atoms with Crippen molar-refractivity contribution >= 4 is 17.3 Å². The fraction of sp³-hybridized carbons (Fsp3) is 0.462. The van der Waals surface area contributed by atoms with E-state index in [4.69, 9.17) is 10.5 Å². The summed E-state index contributed by atoms with van der Waals surface area (Å²) >= 11 is 0. The molecule has 0 fully saturated rings. The predicted molar refractivity (Wildman–Crippen MR) is 73.6 cm³/mol. The summed E-state index contributed by atoms with van der Waals surface area (Å²) in [6.07, 6.45) is 0.555. The Labute approximate surface area is 116 Å². The van der Waals surface area contributed by atoms with Crippen LogP contribution in [0.4, 0.5) is 11.4 Å². The number of nitrogens with two attached hydrogens (primary N) is 1. The summed E-state index contributed by atoms with van der Waals surface area (Å²) in [4.78, 5) is 24.2. The monoisotopic (exact) mass is 279 g/mol. The highest BCUT2D eigenvalue weighted by atomic mass is 16.6. The van der Waals surface area contributed by atoms with Gasteiger partial charge in [-0.15, -0.1) is 0 Å². The van der Waals surface area contributed by atoms with Crippen molar-refractivity contribution in [3.8, 4) is 0 Å². The minimum Gasteiger partial charge on any atom is -0.380 e. The minimum atomic E-state index is -0.459. The molecule has 0 spiro atoms. The number of hydrogen-bond donors (Lipinski definition) is 1. The average Bonchev–Trinajstić information content (AvgIpc) is 2.87. The fourth-order valence-corrected chi connectivity index (χ4v) is 2.31. The molecule has 0 radical (unpaired) electrons. The molecule has 1 aromatic carbocycles. The number of carbonyl (C=O) groups is 1. The SMILES string of the molecule is COC(CN)CC(=O)N1CCc2ccc([N+](=O)[O-])cc21. The molecule has 0 saturated carbocycles. The van der Waals surface area contributed by atoms with Crippen molar-refractivity contribution < 1.29 is 14.5 Å². The highest BCUT2D eigenvalue weighted by molar-refractivity contribution is 5.96. The smallest absolute Gasteiger partial charge is 0.271 e. The Morgan fingerprint density at radius 1 is 1.60 bits per heavy atom. The molecule has 0 bridgehead atoms. The molecular weight excluding hydrogens is 262 g/mol. The van der Waals surface area contributed by atoms with Gasteiger partial charge in [-0.1, -0.05) is 6.07 Å². The van der Waals surface area contributed by atoms with Gasteiger partial charge < -0.3 is 15.4 Å². The number of benzene rings is 1. The molecule has 0 saturated heterocycles. The lowest BCUT2D eigenvalue weighted by molar-refractivity contribution is -0.384. The number of anilines is 1. The van der Waals surface area contributed by atoms with Gasteiger partial charge in [0.05, 0.1) is 23.1 Å². The Hall–Kier alpha value is -1.99. The number of nitrogens with zero attached hydrogens (tertiary/aromatic N) is 2. The number of methoxy groups -OCH3 is 1. The third-order valence-corrected chi connectivity index (χ3v) is 3.47. The molecule has 7 nitrogen and oxygen atoms in total. The molecule has 1 amide bonds. The van der Waals surface area contributed by atoms with Gasteiger partial charge in [-0.2, -0.15) is 0 Å². The summed E-state index contributed by atoms with van der Waals surface area (Å²) in [7, 11) is 1.51. The third-order valence-electron chi connectivity index (χ3n) is 3.47. The number of ether oxygens (including phenoxy) is 1. The van der Waals surface area contributed by atoms with Crippen molar-refractivity contribution in [1.29, 1.82) is 0 Å². The number of hydrogen-bond acceptors (Lipinski definition) is 5. The van der Waals surface area contributed by atoms with Crippen molar-refractivity contribution in [1.82, 2.24) is 0 Å². The minimum absolute atomic E-state index is 0.00873.